The van der Waals surface area contributed by atoms with Crippen molar-refractivity contribution in [3.63, 3.8) is 0 Å². The standard InChI is InChI=1S/C26H41NO2/c1-3-5-7-9-11-15-19-28-25-21-24(27)26(23-18-14-13-17-22(23)25)29-20-16-12-10-8-6-4-2/h13-14,17-18,21H,3-12,15-16,19-20,27H2,1-2H3. The largest absolute Gasteiger partial charge is 0.493 e. The summed E-state index contributed by atoms with van der Waals surface area (Å²) >= 11 is 0. The Morgan fingerprint density at radius 3 is 1.79 bits per heavy atom. The molecule has 0 spiro atoms. The van der Waals surface area contributed by atoms with E-state index in [9.17, 15) is 0 Å². The Labute approximate surface area is 178 Å². The van der Waals surface area contributed by atoms with E-state index in [1.54, 1.807) is 0 Å². The Bertz CT molecular complexity index is 698. The van der Waals surface area contributed by atoms with Gasteiger partial charge in [-0.05, 0) is 12.8 Å². The number of benzene rings is 2. The van der Waals surface area contributed by atoms with E-state index in [2.05, 4.69) is 26.0 Å². The van der Waals surface area contributed by atoms with Gasteiger partial charge in [0.2, 0.25) is 0 Å². The van der Waals surface area contributed by atoms with Gasteiger partial charge in [-0.15, -0.1) is 0 Å². The molecule has 0 bridgehead atoms. The fourth-order valence-corrected chi connectivity index (χ4v) is 3.74. The van der Waals surface area contributed by atoms with Crippen molar-refractivity contribution < 1.29 is 9.47 Å². The highest BCUT2D eigenvalue weighted by Gasteiger charge is 2.12. The fourth-order valence-electron chi connectivity index (χ4n) is 3.74. The Morgan fingerprint density at radius 1 is 0.655 bits per heavy atom. The van der Waals surface area contributed by atoms with E-state index in [-0.39, 0.29) is 0 Å². The van der Waals surface area contributed by atoms with Gasteiger partial charge in [0, 0.05) is 16.8 Å². The molecule has 3 heteroatoms. The molecule has 0 saturated carbocycles. The number of fused-ring (bicyclic) bond motifs is 1. The third kappa shape index (κ3) is 8.16. The van der Waals surface area contributed by atoms with E-state index in [4.69, 9.17) is 15.2 Å². The molecule has 0 radical (unpaired) electrons. The number of anilines is 1. The summed E-state index contributed by atoms with van der Waals surface area (Å²) in [5.41, 5.74) is 7.02. The van der Waals surface area contributed by atoms with Crippen LogP contribution in [0.15, 0.2) is 30.3 Å². The van der Waals surface area contributed by atoms with Crippen molar-refractivity contribution in [2.45, 2.75) is 90.9 Å². The number of nitrogen functional groups attached to an aromatic ring is 1. The van der Waals surface area contributed by atoms with Gasteiger partial charge in [-0.1, -0.05) is 102 Å². The van der Waals surface area contributed by atoms with Crippen molar-refractivity contribution in [1.29, 1.82) is 0 Å². The second-order valence-corrected chi connectivity index (χ2v) is 8.07. The third-order valence-electron chi connectivity index (χ3n) is 5.49. The van der Waals surface area contributed by atoms with Crippen LogP contribution >= 0.6 is 0 Å². The van der Waals surface area contributed by atoms with Gasteiger partial charge in [-0.2, -0.15) is 0 Å². The van der Waals surface area contributed by atoms with Crippen LogP contribution in [0, 0.1) is 0 Å². The number of rotatable bonds is 16. The van der Waals surface area contributed by atoms with E-state index >= 15 is 0 Å². The van der Waals surface area contributed by atoms with Crippen molar-refractivity contribution in [3.8, 4) is 11.5 Å². The average molecular weight is 400 g/mol. The predicted molar refractivity (Wildman–Crippen MR) is 126 cm³/mol. The van der Waals surface area contributed by atoms with Gasteiger partial charge in [0.05, 0.1) is 18.9 Å². The molecule has 29 heavy (non-hydrogen) atoms. The average Bonchev–Trinajstić information content (AvgIpc) is 2.74. The summed E-state index contributed by atoms with van der Waals surface area (Å²) in [7, 11) is 0. The van der Waals surface area contributed by atoms with Crippen LogP contribution < -0.4 is 15.2 Å². The smallest absolute Gasteiger partial charge is 0.150 e. The van der Waals surface area contributed by atoms with Gasteiger partial charge in [-0.3, -0.25) is 0 Å². The minimum absolute atomic E-state index is 0.674. The molecule has 0 amide bonds. The zero-order valence-corrected chi connectivity index (χ0v) is 18.7. The van der Waals surface area contributed by atoms with Crippen molar-refractivity contribution in [3.05, 3.63) is 30.3 Å². The van der Waals surface area contributed by atoms with Crippen LogP contribution in [0.4, 0.5) is 5.69 Å². The second-order valence-electron chi connectivity index (χ2n) is 8.07. The summed E-state index contributed by atoms with van der Waals surface area (Å²) in [4.78, 5) is 0. The number of unbranched alkanes of at least 4 members (excludes halogenated alkanes) is 10. The van der Waals surface area contributed by atoms with Gasteiger partial charge >= 0.3 is 0 Å². The summed E-state index contributed by atoms with van der Waals surface area (Å²) in [5.74, 6) is 1.68. The van der Waals surface area contributed by atoms with E-state index in [0.29, 0.717) is 5.69 Å². The quantitative estimate of drug-likeness (QED) is 0.230. The molecule has 0 aliphatic heterocycles. The molecule has 0 saturated heterocycles. The second kappa shape index (κ2) is 14.1. The minimum Gasteiger partial charge on any atom is -0.493 e. The summed E-state index contributed by atoms with van der Waals surface area (Å²) in [6.45, 7) is 5.96. The van der Waals surface area contributed by atoms with Crippen LogP contribution in [0.25, 0.3) is 10.8 Å². The maximum Gasteiger partial charge on any atom is 0.150 e. The summed E-state index contributed by atoms with van der Waals surface area (Å²) in [6, 6.07) is 10.2. The van der Waals surface area contributed by atoms with Crippen LogP contribution in [-0.4, -0.2) is 13.2 Å². The first-order valence-electron chi connectivity index (χ1n) is 11.8. The lowest BCUT2D eigenvalue weighted by Gasteiger charge is -2.16. The highest BCUT2D eigenvalue weighted by Crippen LogP contribution is 2.38. The predicted octanol–water partition coefficient (Wildman–Crippen LogP) is 7.90. The Balaban J connectivity index is 1.89. The molecule has 0 unspecified atom stereocenters. The zero-order valence-electron chi connectivity index (χ0n) is 18.7. The van der Waals surface area contributed by atoms with Gasteiger partial charge in [0.25, 0.3) is 0 Å². The summed E-state index contributed by atoms with van der Waals surface area (Å²) in [5, 5.41) is 2.14. The van der Waals surface area contributed by atoms with Gasteiger partial charge in [0.15, 0.2) is 0 Å². The van der Waals surface area contributed by atoms with Crippen LogP contribution in [0.5, 0.6) is 11.5 Å². The first-order valence-corrected chi connectivity index (χ1v) is 11.8. The minimum atomic E-state index is 0.674. The molecule has 3 nitrogen and oxygen atoms in total. The van der Waals surface area contributed by atoms with Crippen molar-refractivity contribution in [2.75, 3.05) is 18.9 Å². The van der Waals surface area contributed by atoms with Crippen LogP contribution in [0.3, 0.4) is 0 Å². The maximum atomic E-state index is 6.35. The normalized spacial score (nSPS) is 11.1. The lowest BCUT2D eigenvalue weighted by molar-refractivity contribution is 0.302. The van der Waals surface area contributed by atoms with Crippen molar-refractivity contribution in [2.24, 2.45) is 0 Å². The third-order valence-corrected chi connectivity index (χ3v) is 5.49. The molecule has 162 valence electrons. The molecular weight excluding hydrogens is 358 g/mol. The molecule has 0 heterocycles. The van der Waals surface area contributed by atoms with Crippen molar-refractivity contribution >= 4 is 16.5 Å². The molecule has 0 aromatic heterocycles. The fraction of sp³-hybridized carbons (Fsp3) is 0.615. The van der Waals surface area contributed by atoms with E-state index in [0.717, 1.165) is 48.3 Å². The molecular formula is C26H41NO2. The molecule has 0 aliphatic rings. The number of hydrogen-bond acceptors (Lipinski definition) is 3. The van der Waals surface area contributed by atoms with E-state index < -0.39 is 0 Å². The first-order chi connectivity index (χ1) is 14.3. The highest BCUT2D eigenvalue weighted by molar-refractivity contribution is 5.97. The number of nitrogens with two attached hydrogens (primary N) is 1. The molecule has 2 N–H and O–H groups in total. The first kappa shape index (κ1) is 23.4. The Hall–Kier alpha value is -1.90. The van der Waals surface area contributed by atoms with Crippen LogP contribution in [0.1, 0.15) is 90.9 Å². The van der Waals surface area contributed by atoms with E-state index in [1.165, 1.54) is 64.2 Å². The molecule has 0 aliphatic carbocycles. The van der Waals surface area contributed by atoms with Gasteiger partial charge < -0.3 is 15.2 Å². The number of hydrogen-bond donors (Lipinski definition) is 1. The molecule has 0 fully saturated rings. The highest BCUT2D eigenvalue weighted by atomic mass is 16.5. The number of ether oxygens (including phenoxy) is 2. The lowest BCUT2D eigenvalue weighted by atomic mass is 10.1. The van der Waals surface area contributed by atoms with Gasteiger partial charge in [0.1, 0.15) is 11.5 Å². The SMILES string of the molecule is CCCCCCCCOc1cc(N)c(OCCCCCCCC)c2ccccc12. The molecule has 2 aromatic carbocycles. The van der Waals surface area contributed by atoms with E-state index in [1.807, 2.05) is 18.2 Å². The van der Waals surface area contributed by atoms with Crippen LogP contribution in [-0.2, 0) is 0 Å². The lowest BCUT2D eigenvalue weighted by Crippen LogP contribution is -2.03. The topological polar surface area (TPSA) is 44.5 Å². The summed E-state index contributed by atoms with van der Waals surface area (Å²) in [6.07, 6.45) is 15.1. The van der Waals surface area contributed by atoms with Crippen molar-refractivity contribution in [1.82, 2.24) is 0 Å². The summed E-state index contributed by atoms with van der Waals surface area (Å²) < 4.78 is 12.2. The molecule has 2 rings (SSSR count). The Morgan fingerprint density at radius 2 is 1.17 bits per heavy atom. The zero-order chi connectivity index (χ0) is 20.7. The monoisotopic (exact) mass is 399 g/mol. The molecule has 2 aromatic rings. The Kier molecular flexibility index (Phi) is 11.4. The maximum absolute atomic E-state index is 6.35. The van der Waals surface area contributed by atoms with Gasteiger partial charge in [-0.25, -0.2) is 0 Å². The molecule has 0 atom stereocenters. The van der Waals surface area contributed by atoms with Crippen LogP contribution in [0.2, 0.25) is 0 Å².